The molecule has 1 nitrogen and oxygen atoms in total. The first-order chi connectivity index (χ1) is 13.0. The molecule has 2 heteroatoms. The zero-order valence-corrected chi connectivity index (χ0v) is 15.7. The lowest BCUT2D eigenvalue weighted by Gasteiger charge is -2.15. The molecule has 0 bridgehead atoms. The molecule has 0 radical (unpaired) electrons. The van der Waals surface area contributed by atoms with E-state index >= 15 is 0 Å². The summed E-state index contributed by atoms with van der Waals surface area (Å²) >= 11 is 0. The van der Waals surface area contributed by atoms with Crippen LogP contribution in [0.25, 0.3) is 6.08 Å². The minimum atomic E-state index is -0.221. The maximum atomic E-state index is 13.8. The minimum Gasteiger partial charge on any atom is -0.298 e. The largest absolute Gasteiger partial charge is 0.298 e. The van der Waals surface area contributed by atoms with Crippen LogP contribution in [0.2, 0.25) is 0 Å². The molecule has 0 aromatic heterocycles. The second-order valence-electron chi connectivity index (χ2n) is 6.93. The van der Waals surface area contributed by atoms with Gasteiger partial charge in [-0.1, -0.05) is 66.7 Å². The summed E-state index contributed by atoms with van der Waals surface area (Å²) in [5.74, 6) is -0.158. The van der Waals surface area contributed by atoms with Crippen molar-refractivity contribution >= 4 is 12.4 Å². The van der Waals surface area contributed by atoms with Crippen LogP contribution >= 0.6 is 0 Å². The number of benzene rings is 3. The summed E-state index contributed by atoms with van der Waals surface area (Å²) in [5, 5.41) is 0. The number of carbonyl (C=O) groups excluding carboxylic acids is 1. The molecule has 0 saturated carbocycles. The molecule has 0 spiro atoms. The molecule has 0 heterocycles. The Morgan fingerprint density at radius 3 is 2.30 bits per heavy atom. The van der Waals surface area contributed by atoms with Crippen LogP contribution in [0.4, 0.5) is 4.39 Å². The van der Waals surface area contributed by atoms with Crippen molar-refractivity contribution in [1.29, 1.82) is 0 Å². The van der Waals surface area contributed by atoms with E-state index in [1.807, 2.05) is 24.3 Å². The van der Waals surface area contributed by atoms with E-state index in [9.17, 15) is 9.18 Å². The average Bonchev–Trinajstić information content (AvgIpc) is 2.68. The van der Waals surface area contributed by atoms with Gasteiger partial charge in [-0.15, -0.1) is 0 Å². The summed E-state index contributed by atoms with van der Waals surface area (Å²) in [6.07, 6.45) is 5.78. The summed E-state index contributed by atoms with van der Waals surface area (Å²) in [5.41, 5.74) is 6.39. The molecule has 3 aromatic carbocycles. The zero-order chi connectivity index (χ0) is 19.2. The van der Waals surface area contributed by atoms with Crippen LogP contribution in [0.5, 0.6) is 0 Å². The Labute approximate surface area is 160 Å². The van der Waals surface area contributed by atoms with E-state index in [2.05, 4.69) is 38.1 Å². The van der Waals surface area contributed by atoms with Gasteiger partial charge in [0.15, 0.2) is 0 Å². The van der Waals surface area contributed by atoms with Gasteiger partial charge < -0.3 is 0 Å². The lowest BCUT2D eigenvalue weighted by Crippen LogP contribution is -2.01. The van der Waals surface area contributed by atoms with Crippen LogP contribution in [-0.4, -0.2) is 6.29 Å². The van der Waals surface area contributed by atoms with Gasteiger partial charge in [0.1, 0.15) is 12.1 Å². The number of rotatable bonds is 6. The van der Waals surface area contributed by atoms with Crippen LogP contribution in [0.1, 0.15) is 44.1 Å². The standard InChI is InChI=1S/C25H23FO/c1-18-6-7-22(14-19(18)2)15-24(23-4-3-5-25(26)16-23)13-12-20-8-10-21(17-27)11-9-20/h3-14,16-17,24H,15H2,1-2H3/b13-12+. The number of halogens is 1. The monoisotopic (exact) mass is 358 g/mol. The first-order valence-electron chi connectivity index (χ1n) is 9.10. The molecule has 0 aliphatic carbocycles. The molecule has 0 aliphatic heterocycles. The van der Waals surface area contributed by atoms with Crippen molar-refractivity contribution in [3.63, 3.8) is 0 Å². The third kappa shape index (κ3) is 5.01. The Bertz CT molecular complexity index is 954. The lowest BCUT2D eigenvalue weighted by atomic mass is 9.90. The zero-order valence-electron chi connectivity index (χ0n) is 15.7. The Morgan fingerprint density at radius 1 is 0.889 bits per heavy atom. The molecule has 0 saturated heterocycles. The second kappa shape index (κ2) is 8.59. The van der Waals surface area contributed by atoms with Gasteiger partial charge in [-0.05, 0) is 60.2 Å². The molecule has 3 rings (SSSR count). The Morgan fingerprint density at radius 2 is 1.63 bits per heavy atom. The fourth-order valence-electron chi connectivity index (χ4n) is 3.13. The van der Waals surface area contributed by atoms with E-state index in [1.54, 1.807) is 24.3 Å². The van der Waals surface area contributed by atoms with Crippen molar-refractivity contribution in [3.05, 3.63) is 112 Å². The second-order valence-corrected chi connectivity index (χ2v) is 6.93. The van der Waals surface area contributed by atoms with Crippen molar-refractivity contribution in [2.24, 2.45) is 0 Å². The highest BCUT2D eigenvalue weighted by Gasteiger charge is 2.11. The van der Waals surface area contributed by atoms with E-state index < -0.39 is 0 Å². The van der Waals surface area contributed by atoms with Gasteiger partial charge in [-0.25, -0.2) is 4.39 Å². The molecule has 0 N–H and O–H groups in total. The van der Waals surface area contributed by atoms with Gasteiger partial charge in [0, 0.05) is 11.5 Å². The van der Waals surface area contributed by atoms with Crippen LogP contribution in [0.15, 0.2) is 72.8 Å². The smallest absolute Gasteiger partial charge is 0.150 e. The molecular formula is C25H23FO. The molecular weight excluding hydrogens is 335 g/mol. The Kier molecular flexibility index (Phi) is 5.97. The van der Waals surface area contributed by atoms with Gasteiger partial charge in [-0.2, -0.15) is 0 Å². The number of hydrogen-bond donors (Lipinski definition) is 0. The Balaban J connectivity index is 1.89. The van der Waals surface area contributed by atoms with Crippen LogP contribution in [-0.2, 0) is 6.42 Å². The maximum Gasteiger partial charge on any atom is 0.150 e. The topological polar surface area (TPSA) is 17.1 Å². The van der Waals surface area contributed by atoms with Crippen molar-refractivity contribution < 1.29 is 9.18 Å². The SMILES string of the molecule is Cc1ccc(CC(/C=C/c2ccc(C=O)cc2)c2cccc(F)c2)cc1C. The number of carbonyl (C=O) groups is 1. The van der Waals surface area contributed by atoms with E-state index in [0.29, 0.717) is 5.56 Å². The van der Waals surface area contributed by atoms with E-state index in [4.69, 9.17) is 0 Å². The van der Waals surface area contributed by atoms with Crippen molar-refractivity contribution in [2.45, 2.75) is 26.2 Å². The molecule has 0 fully saturated rings. The molecule has 136 valence electrons. The van der Waals surface area contributed by atoms with Gasteiger partial charge in [0.2, 0.25) is 0 Å². The summed E-state index contributed by atoms with van der Waals surface area (Å²) < 4.78 is 13.8. The molecule has 0 aliphatic rings. The molecule has 1 atom stereocenters. The lowest BCUT2D eigenvalue weighted by molar-refractivity contribution is 0.112. The van der Waals surface area contributed by atoms with E-state index in [1.165, 1.54) is 22.8 Å². The molecule has 3 aromatic rings. The van der Waals surface area contributed by atoms with E-state index in [-0.39, 0.29) is 11.7 Å². The van der Waals surface area contributed by atoms with Crippen LogP contribution in [0, 0.1) is 19.7 Å². The predicted molar refractivity (Wildman–Crippen MR) is 110 cm³/mol. The minimum absolute atomic E-state index is 0.0635. The van der Waals surface area contributed by atoms with Crippen molar-refractivity contribution in [3.8, 4) is 0 Å². The highest BCUT2D eigenvalue weighted by Crippen LogP contribution is 2.25. The third-order valence-electron chi connectivity index (χ3n) is 4.90. The fourth-order valence-corrected chi connectivity index (χ4v) is 3.13. The number of aldehydes is 1. The van der Waals surface area contributed by atoms with Gasteiger partial charge in [0.25, 0.3) is 0 Å². The quantitative estimate of drug-likeness (QED) is 0.473. The predicted octanol–water partition coefficient (Wildman–Crippen LogP) is 6.29. The fraction of sp³-hybridized carbons (Fsp3) is 0.160. The maximum absolute atomic E-state index is 13.8. The van der Waals surface area contributed by atoms with Gasteiger partial charge >= 0.3 is 0 Å². The normalized spacial score (nSPS) is 12.3. The Hall–Kier alpha value is -3.00. The first-order valence-corrected chi connectivity index (χ1v) is 9.10. The number of aryl methyl sites for hydroxylation is 2. The number of allylic oxidation sites excluding steroid dienone is 1. The third-order valence-corrected chi connectivity index (χ3v) is 4.90. The highest BCUT2D eigenvalue weighted by atomic mass is 19.1. The van der Waals surface area contributed by atoms with Gasteiger partial charge in [-0.3, -0.25) is 4.79 Å². The molecule has 27 heavy (non-hydrogen) atoms. The summed E-state index contributed by atoms with van der Waals surface area (Å²) in [4.78, 5) is 10.8. The van der Waals surface area contributed by atoms with Crippen LogP contribution in [0.3, 0.4) is 0 Å². The van der Waals surface area contributed by atoms with Crippen LogP contribution < -0.4 is 0 Å². The summed E-state index contributed by atoms with van der Waals surface area (Å²) in [6.45, 7) is 4.21. The summed E-state index contributed by atoms with van der Waals surface area (Å²) in [7, 11) is 0. The first kappa shape index (κ1) is 18.8. The number of hydrogen-bond acceptors (Lipinski definition) is 1. The molecule has 1 unspecified atom stereocenters. The van der Waals surface area contributed by atoms with Crippen molar-refractivity contribution in [1.82, 2.24) is 0 Å². The average molecular weight is 358 g/mol. The molecule has 0 amide bonds. The van der Waals surface area contributed by atoms with Gasteiger partial charge in [0.05, 0.1) is 0 Å². The van der Waals surface area contributed by atoms with E-state index in [0.717, 1.165) is 23.8 Å². The summed E-state index contributed by atoms with van der Waals surface area (Å²) in [6, 6.07) is 20.7. The highest BCUT2D eigenvalue weighted by molar-refractivity contribution is 5.75. The van der Waals surface area contributed by atoms with Crippen molar-refractivity contribution in [2.75, 3.05) is 0 Å².